The highest BCUT2D eigenvalue weighted by atomic mass is 79.9. The number of carbonyl (C=O) groups is 1. The minimum Gasteiger partial charge on any atom is -0.393 e. The van der Waals surface area contributed by atoms with Crippen molar-refractivity contribution in [1.82, 2.24) is 4.90 Å². The molecule has 0 radical (unpaired) electrons. The lowest BCUT2D eigenvalue weighted by Crippen LogP contribution is -2.41. The van der Waals surface area contributed by atoms with Crippen molar-refractivity contribution in [2.24, 2.45) is 11.7 Å². The fourth-order valence-corrected chi connectivity index (χ4v) is 2.88. The predicted molar refractivity (Wildman–Crippen MR) is 79.5 cm³/mol. The summed E-state index contributed by atoms with van der Waals surface area (Å²) in [6, 6.07) is 4.48. The summed E-state index contributed by atoms with van der Waals surface area (Å²) in [5.74, 6) is -0.383. The van der Waals surface area contributed by atoms with Crippen molar-refractivity contribution in [1.29, 1.82) is 0 Å². The van der Waals surface area contributed by atoms with Gasteiger partial charge in [-0.15, -0.1) is 0 Å². The molecule has 3 nitrogen and oxygen atoms in total. The summed E-state index contributed by atoms with van der Waals surface area (Å²) in [6.07, 6.45) is 1.54. The molecule has 1 aromatic rings. The van der Waals surface area contributed by atoms with Crippen LogP contribution in [0.1, 0.15) is 23.2 Å². The van der Waals surface area contributed by atoms with E-state index in [0.29, 0.717) is 23.6 Å². The Balaban J connectivity index is 2.09. The van der Waals surface area contributed by atoms with Gasteiger partial charge in [0, 0.05) is 19.0 Å². The van der Waals surface area contributed by atoms with E-state index in [-0.39, 0.29) is 16.3 Å². The first-order valence-corrected chi connectivity index (χ1v) is 7.23. The number of carbonyl (C=O) groups excluding carboxylic acids is 1. The van der Waals surface area contributed by atoms with Crippen LogP contribution in [0.15, 0.2) is 22.7 Å². The van der Waals surface area contributed by atoms with E-state index in [1.165, 1.54) is 12.1 Å². The molecular weight excluding hydrogens is 331 g/mol. The normalized spacial score (nSPS) is 16.4. The molecule has 2 rings (SSSR count). The fourth-order valence-electron chi connectivity index (χ4n) is 2.21. The smallest absolute Gasteiger partial charge is 0.255 e. The second-order valence-electron chi connectivity index (χ2n) is 4.57. The SMILES string of the molecule is NC(=S)C1CCN(C(=O)c2cccc(F)c2Br)CC1. The standard InChI is InChI=1S/C13H14BrFN2OS/c14-11-9(2-1-3-10(11)15)13(18)17-6-4-8(5-7-17)12(16)19/h1-3,8H,4-7H2,(H2,16,19). The third-order valence-corrected chi connectivity index (χ3v) is 4.51. The van der Waals surface area contributed by atoms with Gasteiger partial charge in [-0.05, 0) is 40.9 Å². The minimum atomic E-state index is -0.427. The van der Waals surface area contributed by atoms with Crippen LogP contribution in [-0.2, 0) is 0 Å². The van der Waals surface area contributed by atoms with Crippen LogP contribution in [0.4, 0.5) is 4.39 Å². The Morgan fingerprint density at radius 1 is 1.42 bits per heavy atom. The van der Waals surface area contributed by atoms with Crippen molar-refractivity contribution in [3.63, 3.8) is 0 Å². The van der Waals surface area contributed by atoms with E-state index >= 15 is 0 Å². The zero-order chi connectivity index (χ0) is 14.0. The largest absolute Gasteiger partial charge is 0.393 e. The first-order valence-electron chi connectivity index (χ1n) is 6.03. The number of piperidine rings is 1. The van der Waals surface area contributed by atoms with Crippen LogP contribution >= 0.6 is 28.1 Å². The minimum absolute atomic E-state index is 0.159. The van der Waals surface area contributed by atoms with Crippen LogP contribution in [0.3, 0.4) is 0 Å². The maximum Gasteiger partial charge on any atom is 0.255 e. The molecular formula is C13H14BrFN2OS. The number of hydrogen-bond donors (Lipinski definition) is 1. The number of likely N-dealkylation sites (tertiary alicyclic amines) is 1. The number of benzene rings is 1. The first-order chi connectivity index (χ1) is 9.00. The number of nitrogens with two attached hydrogens (primary N) is 1. The highest BCUT2D eigenvalue weighted by molar-refractivity contribution is 9.10. The maximum atomic E-state index is 13.4. The molecule has 1 fully saturated rings. The summed E-state index contributed by atoms with van der Waals surface area (Å²) in [6.45, 7) is 1.20. The average molecular weight is 345 g/mol. The van der Waals surface area contributed by atoms with Crippen LogP contribution in [0.2, 0.25) is 0 Å². The number of amides is 1. The van der Waals surface area contributed by atoms with Gasteiger partial charge in [-0.1, -0.05) is 18.3 Å². The Morgan fingerprint density at radius 3 is 2.63 bits per heavy atom. The highest BCUT2D eigenvalue weighted by Crippen LogP contribution is 2.24. The lowest BCUT2D eigenvalue weighted by atomic mass is 9.96. The van der Waals surface area contributed by atoms with E-state index in [2.05, 4.69) is 15.9 Å². The summed E-state index contributed by atoms with van der Waals surface area (Å²) in [5.41, 5.74) is 5.97. The van der Waals surface area contributed by atoms with Gasteiger partial charge in [-0.2, -0.15) is 0 Å². The summed E-state index contributed by atoms with van der Waals surface area (Å²) < 4.78 is 13.6. The number of rotatable bonds is 2. The van der Waals surface area contributed by atoms with Gasteiger partial charge in [0.05, 0.1) is 15.0 Å². The van der Waals surface area contributed by atoms with E-state index in [1.807, 2.05) is 0 Å². The summed E-state index contributed by atoms with van der Waals surface area (Å²) in [5, 5.41) is 0. The van der Waals surface area contributed by atoms with Crippen LogP contribution in [0.5, 0.6) is 0 Å². The van der Waals surface area contributed by atoms with Crippen molar-refractivity contribution in [2.45, 2.75) is 12.8 Å². The second kappa shape index (κ2) is 5.96. The molecule has 1 aliphatic rings. The quantitative estimate of drug-likeness (QED) is 0.839. The van der Waals surface area contributed by atoms with Crippen molar-refractivity contribution >= 4 is 39.0 Å². The fraction of sp³-hybridized carbons (Fsp3) is 0.385. The Morgan fingerprint density at radius 2 is 2.05 bits per heavy atom. The lowest BCUT2D eigenvalue weighted by Gasteiger charge is -2.31. The van der Waals surface area contributed by atoms with E-state index in [1.54, 1.807) is 11.0 Å². The van der Waals surface area contributed by atoms with Gasteiger partial charge in [0.2, 0.25) is 0 Å². The molecule has 1 aromatic carbocycles. The molecule has 1 saturated heterocycles. The molecule has 0 aliphatic carbocycles. The maximum absolute atomic E-state index is 13.4. The van der Waals surface area contributed by atoms with Crippen LogP contribution in [0.25, 0.3) is 0 Å². The van der Waals surface area contributed by atoms with Gasteiger partial charge in [0.15, 0.2) is 0 Å². The monoisotopic (exact) mass is 344 g/mol. The van der Waals surface area contributed by atoms with E-state index in [9.17, 15) is 9.18 Å². The number of nitrogens with zero attached hydrogens (tertiary/aromatic N) is 1. The molecule has 0 saturated carbocycles. The van der Waals surface area contributed by atoms with Crippen LogP contribution < -0.4 is 5.73 Å². The number of halogens is 2. The van der Waals surface area contributed by atoms with Gasteiger partial charge in [-0.25, -0.2) is 4.39 Å². The molecule has 1 amide bonds. The Labute approximate surface area is 125 Å². The topological polar surface area (TPSA) is 46.3 Å². The first kappa shape index (κ1) is 14.4. The molecule has 0 atom stereocenters. The Kier molecular flexibility index (Phi) is 4.52. The summed E-state index contributed by atoms with van der Waals surface area (Å²) in [4.78, 5) is 14.5. The second-order valence-corrected chi connectivity index (χ2v) is 5.83. The molecule has 1 heterocycles. The molecule has 2 N–H and O–H groups in total. The number of thiocarbonyl (C=S) groups is 1. The molecule has 0 unspecified atom stereocenters. The summed E-state index contributed by atoms with van der Waals surface area (Å²) in [7, 11) is 0. The van der Waals surface area contributed by atoms with Gasteiger partial charge in [0.25, 0.3) is 5.91 Å². The van der Waals surface area contributed by atoms with Crippen molar-refractivity contribution < 1.29 is 9.18 Å². The third kappa shape index (κ3) is 3.12. The van der Waals surface area contributed by atoms with E-state index in [0.717, 1.165) is 12.8 Å². The van der Waals surface area contributed by atoms with E-state index < -0.39 is 5.82 Å². The average Bonchev–Trinajstić information content (AvgIpc) is 2.41. The number of hydrogen-bond acceptors (Lipinski definition) is 2. The Hall–Kier alpha value is -1.01. The molecule has 0 aromatic heterocycles. The molecule has 0 spiro atoms. The molecule has 1 aliphatic heterocycles. The van der Waals surface area contributed by atoms with Crippen molar-refractivity contribution in [2.75, 3.05) is 13.1 Å². The van der Waals surface area contributed by atoms with E-state index in [4.69, 9.17) is 18.0 Å². The zero-order valence-electron chi connectivity index (χ0n) is 10.2. The van der Waals surface area contributed by atoms with Gasteiger partial charge in [-0.3, -0.25) is 4.79 Å². The third-order valence-electron chi connectivity index (χ3n) is 3.37. The van der Waals surface area contributed by atoms with Gasteiger partial charge >= 0.3 is 0 Å². The van der Waals surface area contributed by atoms with Crippen LogP contribution in [0, 0.1) is 11.7 Å². The molecule has 0 bridgehead atoms. The zero-order valence-corrected chi connectivity index (χ0v) is 12.6. The lowest BCUT2D eigenvalue weighted by molar-refractivity contribution is 0.0709. The van der Waals surface area contributed by atoms with Gasteiger partial charge in [0.1, 0.15) is 5.82 Å². The predicted octanol–water partition coefficient (Wildman–Crippen LogP) is 2.73. The summed E-state index contributed by atoms with van der Waals surface area (Å²) >= 11 is 8.09. The van der Waals surface area contributed by atoms with Crippen LogP contribution in [-0.4, -0.2) is 28.9 Å². The Bertz CT molecular complexity index is 515. The highest BCUT2D eigenvalue weighted by Gasteiger charge is 2.26. The van der Waals surface area contributed by atoms with Crippen molar-refractivity contribution in [3.05, 3.63) is 34.1 Å². The molecule has 6 heteroatoms. The van der Waals surface area contributed by atoms with Crippen molar-refractivity contribution in [3.8, 4) is 0 Å². The van der Waals surface area contributed by atoms with Gasteiger partial charge < -0.3 is 10.6 Å². The molecule has 19 heavy (non-hydrogen) atoms. The molecule has 102 valence electrons.